The van der Waals surface area contributed by atoms with Crippen LogP contribution in [0.1, 0.15) is 5.56 Å². The van der Waals surface area contributed by atoms with Gasteiger partial charge >= 0.3 is 0 Å². The third-order valence-corrected chi connectivity index (χ3v) is 3.97. The molecule has 1 aromatic rings. The van der Waals surface area contributed by atoms with E-state index in [0.29, 0.717) is 0 Å². The van der Waals surface area contributed by atoms with Crippen molar-refractivity contribution >= 4 is 14.0 Å². The van der Waals surface area contributed by atoms with Crippen molar-refractivity contribution in [2.24, 2.45) is 0 Å². The third kappa shape index (κ3) is 1.70. The number of para-hydroxylation sites is 1. The van der Waals surface area contributed by atoms with E-state index in [-0.39, 0.29) is 8.30 Å². The fraction of sp³-hybridized carbons (Fsp3) is 0.400. The standard InChI is InChI=1S/C10H14NOP/c1-9-5-3-4-6-10(9)11-7-8-12-13(11)2/h3-6H,7-8H2,1-2H3. The van der Waals surface area contributed by atoms with E-state index in [2.05, 4.69) is 42.5 Å². The monoisotopic (exact) mass is 195 g/mol. The van der Waals surface area contributed by atoms with Crippen LogP contribution in [0.5, 0.6) is 0 Å². The zero-order valence-electron chi connectivity index (χ0n) is 8.03. The topological polar surface area (TPSA) is 12.5 Å². The molecule has 1 saturated heterocycles. The van der Waals surface area contributed by atoms with Crippen molar-refractivity contribution in [3.05, 3.63) is 29.8 Å². The smallest absolute Gasteiger partial charge is 0.129 e. The first-order valence-electron chi connectivity index (χ1n) is 4.49. The van der Waals surface area contributed by atoms with E-state index >= 15 is 0 Å². The second kappa shape index (κ2) is 3.65. The molecule has 0 radical (unpaired) electrons. The van der Waals surface area contributed by atoms with Gasteiger partial charge in [0.25, 0.3) is 0 Å². The van der Waals surface area contributed by atoms with Gasteiger partial charge in [0.15, 0.2) is 0 Å². The van der Waals surface area contributed by atoms with E-state index < -0.39 is 0 Å². The lowest BCUT2D eigenvalue weighted by molar-refractivity contribution is 0.400. The Morgan fingerprint density at radius 1 is 1.38 bits per heavy atom. The van der Waals surface area contributed by atoms with E-state index in [1.165, 1.54) is 11.3 Å². The average Bonchev–Trinajstić information content (AvgIpc) is 2.52. The number of benzene rings is 1. The van der Waals surface area contributed by atoms with E-state index in [1.807, 2.05) is 0 Å². The first-order valence-corrected chi connectivity index (χ1v) is 6.15. The van der Waals surface area contributed by atoms with Gasteiger partial charge in [0, 0.05) is 12.2 Å². The van der Waals surface area contributed by atoms with Gasteiger partial charge in [0.1, 0.15) is 8.30 Å². The maximum absolute atomic E-state index is 5.57. The van der Waals surface area contributed by atoms with Gasteiger partial charge in [-0.25, -0.2) is 0 Å². The molecule has 2 nitrogen and oxygen atoms in total. The lowest BCUT2D eigenvalue weighted by Gasteiger charge is -2.22. The van der Waals surface area contributed by atoms with Crippen molar-refractivity contribution < 1.29 is 4.52 Å². The summed E-state index contributed by atoms with van der Waals surface area (Å²) in [4.78, 5) is 0. The quantitative estimate of drug-likeness (QED) is 0.639. The van der Waals surface area contributed by atoms with Crippen molar-refractivity contribution in [3.8, 4) is 0 Å². The molecular weight excluding hydrogens is 181 g/mol. The van der Waals surface area contributed by atoms with Crippen LogP contribution in [0, 0.1) is 6.92 Å². The summed E-state index contributed by atoms with van der Waals surface area (Å²) in [5, 5.41) is 0. The fourth-order valence-corrected chi connectivity index (χ4v) is 2.97. The minimum atomic E-state index is -0.388. The summed E-state index contributed by atoms with van der Waals surface area (Å²) in [7, 11) is -0.388. The number of aryl methyl sites for hydroxylation is 1. The van der Waals surface area contributed by atoms with E-state index in [0.717, 1.165) is 13.2 Å². The Hall–Kier alpha value is -0.590. The van der Waals surface area contributed by atoms with Gasteiger partial charge in [0.2, 0.25) is 0 Å². The van der Waals surface area contributed by atoms with Crippen LogP contribution in [0.3, 0.4) is 0 Å². The minimum absolute atomic E-state index is 0.388. The Labute approximate surface area is 80.4 Å². The molecule has 1 atom stereocenters. The summed E-state index contributed by atoms with van der Waals surface area (Å²) in [6.45, 7) is 6.22. The number of hydrogen-bond acceptors (Lipinski definition) is 2. The molecule has 0 aromatic heterocycles. The molecule has 0 aliphatic carbocycles. The van der Waals surface area contributed by atoms with Crippen LogP contribution < -0.4 is 4.67 Å². The molecule has 0 amide bonds. The van der Waals surface area contributed by atoms with Crippen LogP contribution in [0.25, 0.3) is 0 Å². The SMILES string of the molecule is Cc1ccccc1N1CCOP1C. The fourth-order valence-electron chi connectivity index (χ4n) is 1.60. The normalized spacial score (nSPS) is 22.3. The molecule has 1 aromatic carbocycles. The van der Waals surface area contributed by atoms with Gasteiger partial charge in [-0.15, -0.1) is 0 Å². The Kier molecular flexibility index (Phi) is 2.52. The molecule has 70 valence electrons. The van der Waals surface area contributed by atoms with Gasteiger partial charge in [-0.1, -0.05) is 18.2 Å². The van der Waals surface area contributed by atoms with Crippen LogP contribution in [0.4, 0.5) is 5.69 Å². The number of anilines is 1. The summed E-state index contributed by atoms with van der Waals surface area (Å²) in [5.74, 6) is 0. The maximum Gasteiger partial charge on any atom is 0.129 e. The van der Waals surface area contributed by atoms with Crippen LogP contribution >= 0.6 is 8.30 Å². The Balaban J connectivity index is 2.29. The Morgan fingerprint density at radius 2 is 2.15 bits per heavy atom. The van der Waals surface area contributed by atoms with Crippen LogP contribution in [0.15, 0.2) is 24.3 Å². The molecule has 1 unspecified atom stereocenters. The Bertz CT molecular complexity index is 303. The van der Waals surface area contributed by atoms with Crippen molar-refractivity contribution in [1.82, 2.24) is 0 Å². The molecule has 1 aliphatic rings. The van der Waals surface area contributed by atoms with Gasteiger partial charge in [0.05, 0.1) is 6.61 Å². The summed E-state index contributed by atoms with van der Waals surface area (Å²) < 4.78 is 7.93. The third-order valence-electron chi connectivity index (χ3n) is 2.31. The van der Waals surface area contributed by atoms with Crippen molar-refractivity contribution in [2.75, 3.05) is 24.5 Å². The lowest BCUT2D eigenvalue weighted by atomic mass is 10.2. The summed E-state index contributed by atoms with van der Waals surface area (Å²) in [6, 6.07) is 8.48. The predicted octanol–water partition coefficient (Wildman–Crippen LogP) is 2.77. The predicted molar refractivity (Wildman–Crippen MR) is 57.3 cm³/mol. The first-order chi connectivity index (χ1) is 6.29. The van der Waals surface area contributed by atoms with Crippen molar-refractivity contribution in [3.63, 3.8) is 0 Å². The van der Waals surface area contributed by atoms with E-state index in [4.69, 9.17) is 4.52 Å². The van der Waals surface area contributed by atoms with Crippen LogP contribution in [-0.2, 0) is 4.52 Å². The average molecular weight is 195 g/mol. The summed E-state index contributed by atoms with van der Waals surface area (Å²) in [6.07, 6.45) is 0. The molecule has 2 rings (SSSR count). The molecule has 0 spiro atoms. The minimum Gasteiger partial charge on any atom is -0.337 e. The number of hydrogen-bond donors (Lipinski definition) is 0. The Morgan fingerprint density at radius 3 is 2.77 bits per heavy atom. The second-order valence-electron chi connectivity index (χ2n) is 3.21. The molecule has 0 N–H and O–H groups in total. The highest BCUT2D eigenvalue weighted by Crippen LogP contribution is 2.45. The van der Waals surface area contributed by atoms with Crippen LogP contribution in [0.2, 0.25) is 0 Å². The van der Waals surface area contributed by atoms with Gasteiger partial charge in [-0.2, -0.15) is 0 Å². The first kappa shape index (κ1) is 8.98. The largest absolute Gasteiger partial charge is 0.337 e. The molecular formula is C10H14NOP. The molecule has 0 saturated carbocycles. The second-order valence-corrected chi connectivity index (χ2v) is 4.88. The number of rotatable bonds is 1. The van der Waals surface area contributed by atoms with Crippen molar-refractivity contribution in [1.29, 1.82) is 0 Å². The van der Waals surface area contributed by atoms with Gasteiger partial charge < -0.3 is 9.19 Å². The van der Waals surface area contributed by atoms with Crippen molar-refractivity contribution in [2.45, 2.75) is 6.92 Å². The van der Waals surface area contributed by atoms with E-state index in [1.54, 1.807) is 0 Å². The molecule has 13 heavy (non-hydrogen) atoms. The zero-order valence-corrected chi connectivity index (χ0v) is 8.92. The summed E-state index contributed by atoms with van der Waals surface area (Å²) >= 11 is 0. The highest BCUT2D eigenvalue weighted by Gasteiger charge is 2.22. The maximum atomic E-state index is 5.57. The zero-order chi connectivity index (χ0) is 9.26. The summed E-state index contributed by atoms with van der Waals surface area (Å²) in [5.41, 5.74) is 2.66. The highest BCUT2D eigenvalue weighted by molar-refractivity contribution is 7.53. The molecule has 0 bridgehead atoms. The van der Waals surface area contributed by atoms with E-state index in [9.17, 15) is 0 Å². The number of nitrogens with zero attached hydrogens (tertiary/aromatic N) is 1. The van der Waals surface area contributed by atoms with Crippen LogP contribution in [-0.4, -0.2) is 19.8 Å². The highest BCUT2D eigenvalue weighted by atomic mass is 31.2. The van der Waals surface area contributed by atoms with Gasteiger partial charge in [-0.05, 0) is 25.2 Å². The lowest BCUT2D eigenvalue weighted by Crippen LogP contribution is -2.13. The van der Waals surface area contributed by atoms with Gasteiger partial charge in [-0.3, -0.25) is 0 Å². The molecule has 1 fully saturated rings. The molecule has 3 heteroatoms. The molecule has 1 aliphatic heterocycles. The molecule has 1 heterocycles.